The molecule has 0 amide bonds. The van der Waals surface area contributed by atoms with Gasteiger partial charge in [0.25, 0.3) is 0 Å². The second-order valence-electron chi connectivity index (χ2n) is 5.42. The van der Waals surface area contributed by atoms with E-state index in [1.807, 2.05) is 0 Å². The zero-order chi connectivity index (χ0) is 14.8. The number of hydrogen-bond acceptors (Lipinski definition) is 3. The molecular formula is C18H20N2S. The number of rotatable bonds is 4. The second kappa shape index (κ2) is 5.96. The van der Waals surface area contributed by atoms with Gasteiger partial charge in [-0.25, -0.2) is 4.98 Å². The molecule has 108 valence electrons. The smallest absolute Gasteiger partial charge is 0.0900 e. The highest BCUT2D eigenvalue weighted by molar-refractivity contribution is 7.11. The number of nitrogens with zero attached hydrogens (tertiary/aromatic N) is 1. The Morgan fingerprint density at radius 1 is 1.10 bits per heavy atom. The van der Waals surface area contributed by atoms with E-state index in [1.54, 1.807) is 11.3 Å². The third-order valence-corrected chi connectivity index (χ3v) is 4.73. The minimum Gasteiger partial charge on any atom is -0.305 e. The molecule has 1 N–H and O–H groups in total. The Kier molecular flexibility index (Phi) is 4.04. The number of aryl methyl sites for hydroxylation is 2. The molecule has 0 fully saturated rings. The summed E-state index contributed by atoms with van der Waals surface area (Å²) in [5.41, 5.74) is 2.52. The van der Waals surface area contributed by atoms with Crippen LogP contribution < -0.4 is 5.32 Å². The van der Waals surface area contributed by atoms with Crippen LogP contribution in [-0.4, -0.2) is 4.98 Å². The largest absolute Gasteiger partial charge is 0.305 e. The second-order valence-corrected chi connectivity index (χ2v) is 6.82. The van der Waals surface area contributed by atoms with Gasteiger partial charge in [-0.15, -0.1) is 11.3 Å². The molecule has 0 radical (unpaired) electrons. The molecule has 0 aliphatic carbocycles. The van der Waals surface area contributed by atoms with Gasteiger partial charge in [0.2, 0.25) is 0 Å². The molecule has 3 heteroatoms. The molecular weight excluding hydrogens is 276 g/mol. The van der Waals surface area contributed by atoms with Crippen molar-refractivity contribution >= 4 is 22.1 Å². The monoisotopic (exact) mass is 296 g/mol. The van der Waals surface area contributed by atoms with Crippen molar-refractivity contribution < 1.29 is 0 Å². The molecule has 0 aliphatic heterocycles. The molecule has 3 rings (SSSR count). The predicted octanol–water partition coefficient (Wildman–Crippen LogP) is 4.76. The number of hydrogen-bond donors (Lipinski definition) is 1. The van der Waals surface area contributed by atoms with E-state index in [4.69, 9.17) is 0 Å². The minimum atomic E-state index is 0.272. The Hall–Kier alpha value is -1.71. The highest BCUT2D eigenvalue weighted by Gasteiger charge is 2.12. The van der Waals surface area contributed by atoms with Crippen LogP contribution in [-0.2, 0) is 6.54 Å². The van der Waals surface area contributed by atoms with Crippen molar-refractivity contribution in [2.45, 2.75) is 33.4 Å². The van der Waals surface area contributed by atoms with Crippen LogP contribution in [0, 0.1) is 13.8 Å². The summed E-state index contributed by atoms with van der Waals surface area (Å²) in [4.78, 5) is 5.95. The third-order valence-electron chi connectivity index (χ3n) is 3.83. The SMILES string of the molecule is Cc1nc(C(C)NCc2cccc3ccccc23)c(C)s1. The number of thiazole rings is 1. The lowest BCUT2D eigenvalue weighted by molar-refractivity contribution is 0.562. The van der Waals surface area contributed by atoms with Gasteiger partial charge in [0.15, 0.2) is 0 Å². The van der Waals surface area contributed by atoms with Gasteiger partial charge in [-0.2, -0.15) is 0 Å². The summed E-state index contributed by atoms with van der Waals surface area (Å²) in [6.45, 7) is 7.26. The predicted molar refractivity (Wildman–Crippen MR) is 90.8 cm³/mol. The van der Waals surface area contributed by atoms with Gasteiger partial charge < -0.3 is 5.32 Å². The zero-order valence-corrected chi connectivity index (χ0v) is 13.5. The first-order valence-electron chi connectivity index (χ1n) is 7.29. The van der Waals surface area contributed by atoms with Crippen LogP contribution >= 0.6 is 11.3 Å². The summed E-state index contributed by atoms with van der Waals surface area (Å²) in [5, 5.41) is 7.37. The highest BCUT2D eigenvalue weighted by Crippen LogP contribution is 2.24. The summed E-state index contributed by atoms with van der Waals surface area (Å²) in [5.74, 6) is 0. The molecule has 0 aliphatic rings. The molecule has 1 aromatic heterocycles. The fraction of sp³-hybridized carbons (Fsp3) is 0.278. The summed E-state index contributed by atoms with van der Waals surface area (Å²) in [7, 11) is 0. The van der Waals surface area contributed by atoms with Gasteiger partial charge in [-0.05, 0) is 37.1 Å². The maximum Gasteiger partial charge on any atom is 0.0900 e. The molecule has 3 aromatic rings. The van der Waals surface area contributed by atoms with E-state index in [0.29, 0.717) is 0 Å². The van der Waals surface area contributed by atoms with E-state index >= 15 is 0 Å². The van der Waals surface area contributed by atoms with E-state index < -0.39 is 0 Å². The van der Waals surface area contributed by atoms with E-state index in [1.165, 1.54) is 26.9 Å². The first-order valence-corrected chi connectivity index (χ1v) is 8.11. The van der Waals surface area contributed by atoms with Crippen LogP contribution in [0.25, 0.3) is 10.8 Å². The fourth-order valence-electron chi connectivity index (χ4n) is 2.75. The van der Waals surface area contributed by atoms with Gasteiger partial charge in [0.1, 0.15) is 0 Å². The standard InChI is InChI=1S/C18H20N2S/c1-12(18-13(2)21-14(3)20-18)19-11-16-9-6-8-15-7-4-5-10-17(15)16/h4-10,12,19H,11H2,1-3H3. The van der Waals surface area contributed by atoms with Gasteiger partial charge in [0, 0.05) is 17.5 Å². The molecule has 1 unspecified atom stereocenters. The summed E-state index contributed by atoms with van der Waals surface area (Å²) < 4.78 is 0. The molecule has 0 spiro atoms. The van der Waals surface area contributed by atoms with Crippen LogP contribution in [0.3, 0.4) is 0 Å². The van der Waals surface area contributed by atoms with Gasteiger partial charge in [-0.3, -0.25) is 0 Å². The Morgan fingerprint density at radius 3 is 2.62 bits per heavy atom. The van der Waals surface area contributed by atoms with Crippen molar-refractivity contribution in [3.8, 4) is 0 Å². The fourth-order valence-corrected chi connectivity index (χ4v) is 3.67. The summed E-state index contributed by atoms with van der Waals surface area (Å²) in [6, 6.07) is 15.3. The summed E-state index contributed by atoms with van der Waals surface area (Å²) in [6.07, 6.45) is 0. The number of nitrogens with one attached hydrogen (secondary N) is 1. The van der Waals surface area contributed by atoms with E-state index in [2.05, 4.69) is 73.5 Å². The minimum absolute atomic E-state index is 0.272. The molecule has 0 bridgehead atoms. The van der Waals surface area contributed by atoms with Crippen molar-refractivity contribution in [1.82, 2.24) is 10.3 Å². The molecule has 21 heavy (non-hydrogen) atoms. The van der Waals surface area contributed by atoms with Crippen molar-refractivity contribution in [3.63, 3.8) is 0 Å². The molecule has 0 saturated carbocycles. The van der Waals surface area contributed by atoms with E-state index in [0.717, 1.165) is 11.6 Å². The van der Waals surface area contributed by atoms with Gasteiger partial charge in [0.05, 0.1) is 10.7 Å². The highest BCUT2D eigenvalue weighted by atomic mass is 32.1. The van der Waals surface area contributed by atoms with E-state index in [9.17, 15) is 0 Å². The lowest BCUT2D eigenvalue weighted by atomic mass is 10.0. The molecule has 1 atom stereocenters. The Labute approximate surface area is 129 Å². The Bertz CT molecular complexity index is 756. The average Bonchev–Trinajstić information content (AvgIpc) is 2.83. The van der Waals surface area contributed by atoms with Gasteiger partial charge >= 0.3 is 0 Å². The Balaban J connectivity index is 1.79. The topological polar surface area (TPSA) is 24.9 Å². The first-order chi connectivity index (χ1) is 10.1. The average molecular weight is 296 g/mol. The maximum absolute atomic E-state index is 4.64. The first kappa shape index (κ1) is 14.2. The van der Waals surface area contributed by atoms with Crippen LogP contribution in [0.5, 0.6) is 0 Å². The Morgan fingerprint density at radius 2 is 1.86 bits per heavy atom. The third kappa shape index (κ3) is 2.99. The van der Waals surface area contributed by atoms with Crippen molar-refractivity contribution in [1.29, 1.82) is 0 Å². The quantitative estimate of drug-likeness (QED) is 0.750. The van der Waals surface area contributed by atoms with Crippen molar-refractivity contribution in [2.75, 3.05) is 0 Å². The molecule has 2 nitrogen and oxygen atoms in total. The molecule has 0 saturated heterocycles. The molecule has 2 aromatic carbocycles. The van der Waals surface area contributed by atoms with Crippen LogP contribution in [0.2, 0.25) is 0 Å². The van der Waals surface area contributed by atoms with Crippen LogP contribution in [0.4, 0.5) is 0 Å². The lowest BCUT2D eigenvalue weighted by Crippen LogP contribution is -2.19. The number of fused-ring (bicyclic) bond motifs is 1. The maximum atomic E-state index is 4.64. The van der Waals surface area contributed by atoms with Crippen LogP contribution in [0.1, 0.15) is 34.1 Å². The lowest BCUT2D eigenvalue weighted by Gasteiger charge is -2.14. The van der Waals surface area contributed by atoms with Crippen LogP contribution in [0.15, 0.2) is 42.5 Å². The zero-order valence-electron chi connectivity index (χ0n) is 12.7. The van der Waals surface area contributed by atoms with E-state index in [-0.39, 0.29) is 6.04 Å². The molecule has 1 heterocycles. The van der Waals surface area contributed by atoms with Crippen molar-refractivity contribution in [2.24, 2.45) is 0 Å². The van der Waals surface area contributed by atoms with Crippen molar-refractivity contribution in [3.05, 3.63) is 63.6 Å². The van der Waals surface area contributed by atoms with Gasteiger partial charge in [-0.1, -0.05) is 42.5 Å². The number of benzene rings is 2. The number of aromatic nitrogens is 1. The summed E-state index contributed by atoms with van der Waals surface area (Å²) >= 11 is 1.77. The normalized spacial score (nSPS) is 12.7.